The zero-order chi connectivity index (χ0) is 11.4. The Balaban J connectivity index is 2.23. The average molecular weight is 236 g/mol. The molecule has 0 unspecified atom stereocenters. The number of hydrogen-bond donors (Lipinski definition) is 1. The molecular weight excluding hydrogens is 220 g/mol. The number of aromatic nitrogens is 1. The van der Waals surface area contributed by atoms with Crippen molar-refractivity contribution in [1.82, 2.24) is 4.98 Å². The number of nitrogens with zero attached hydrogens (tertiary/aromatic N) is 3. The van der Waals surface area contributed by atoms with Gasteiger partial charge in [0.1, 0.15) is 6.07 Å². The van der Waals surface area contributed by atoms with Gasteiger partial charge in [-0.3, -0.25) is 0 Å². The second-order valence-electron chi connectivity index (χ2n) is 3.93. The van der Waals surface area contributed by atoms with Crippen LogP contribution in [-0.4, -0.2) is 25.1 Å². The lowest BCUT2D eigenvalue weighted by Crippen LogP contribution is -2.24. The van der Waals surface area contributed by atoms with Crippen molar-refractivity contribution < 1.29 is 0 Å². The van der Waals surface area contributed by atoms with Gasteiger partial charge in [0.25, 0.3) is 0 Å². The van der Waals surface area contributed by atoms with Crippen LogP contribution in [0.25, 0.3) is 0 Å². The van der Waals surface area contributed by atoms with Crippen molar-refractivity contribution in [2.45, 2.75) is 25.7 Å². The van der Waals surface area contributed by atoms with E-state index in [1.807, 2.05) is 7.05 Å². The summed E-state index contributed by atoms with van der Waals surface area (Å²) in [7, 11) is 1.84. The zero-order valence-corrected chi connectivity index (χ0v) is 10.3. The van der Waals surface area contributed by atoms with Crippen molar-refractivity contribution in [3.8, 4) is 6.07 Å². The van der Waals surface area contributed by atoms with Crippen LogP contribution in [0.15, 0.2) is 0 Å². The molecular formula is C11H16N4S. The maximum absolute atomic E-state index is 9.09. The van der Waals surface area contributed by atoms with Gasteiger partial charge in [-0.15, -0.1) is 0 Å². The van der Waals surface area contributed by atoms with Crippen LogP contribution < -0.4 is 10.2 Å². The Bertz CT molecular complexity index is 385. The van der Waals surface area contributed by atoms with Gasteiger partial charge in [-0.25, -0.2) is 4.98 Å². The fourth-order valence-electron chi connectivity index (χ4n) is 1.99. The first kappa shape index (κ1) is 11.2. The maximum atomic E-state index is 9.09. The number of hydrogen-bond acceptors (Lipinski definition) is 5. The molecule has 1 aromatic heterocycles. The number of rotatable bonds is 2. The van der Waals surface area contributed by atoms with Crippen LogP contribution in [0, 0.1) is 11.3 Å². The Kier molecular flexibility index (Phi) is 3.62. The van der Waals surface area contributed by atoms with E-state index in [1.54, 1.807) is 0 Å². The first-order chi connectivity index (χ1) is 7.85. The molecule has 2 rings (SSSR count). The maximum Gasteiger partial charge on any atom is 0.185 e. The van der Waals surface area contributed by atoms with E-state index in [0.717, 1.165) is 28.9 Å². The largest absolute Gasteiger partial charge is 0.364 e. The fourth-order valence-corrected chi connectivity index (χ4v) is 2.73. The Morgan fingerprint density at radius 3 is 2.56 bits per heavy atom. The molecule has 0 radical (unpaired) electrons. The molecule has 16 heavy (non-hydrogen) atoms. The standard InChI is InChI=1S/C11H16N4S/c1-13-11-14-10(9(8-12)16-11)15-6-4-2-3-5-7-15/h2-7H2,1H3,(H,13,14). The van der Waals surface area contributed by atoms with E-state index in [1.165, 1.54) is 37.0 Å². The SMILES string of the molecule is CNc1nc(N2CCCCCC2)c(C#N)s1. The molecule has 0 amide bonds. The highest BCUT2D eigenvalue weighted by Gasteiger charge is 2.18. The molecule has 0 atom stereocenters. The molecule has 1 fully saturated rings. The van der Waals surface area contributed by atoms with E-state index in [9.17, 15) is 0 Å². The summed E-state index contributed by atoms with van der Waals surface area (Å²) in [4.78, 5) is 7.46. The number of nitriles is 1. The Hall–Kier alpha value is -1.28. The molecule has 0 bridgehead atoms. The molecule has 1 aliphatic heterocycles. The zero-order valence-electron chi connectivity index (χ0n) is 9.49. The highest BCUT2D eigenvalue weighted by Crippen LogP contribution is 2.30. The third kappa shape index (κ3) is 2.27. The Labute approximate surface area is 99.9 Å². The molecule has 1 N–H and O–H groups in total. The summed E-state index contributed by atoms with van der Waals surface area (Å²) >= 11 is 1.43. The van der Waals surface area contributed by atoms with Gasteiger partial charge < -0.3 is 10.2 Å². The lowest BCUT2D eigenvalue weighted by molar-refractivity contribution is 0.726. The molecule has 1 aliphatic rings. The summed E-state index contributed by atoms with van der Waals surface area (Å²) < 4.78 is 0. The lowest BCUT2D eigenvalue weighted by atomic mass is 10.2. The van der Waals surface area contributed by atoms with Crippen molar-refractivity contribution in [3.63, 3.8) is 0 Å². The van der Waals surface area contributed by atoms with Crippen LogP contribution in [0.4, 0.5) is 10.9 Å². The summed E-state index contributed by atoms with van der Waals surface area (Å²) in [6, 6.07) is 2.24. The van der Waals surface area contributed by atoms with Crippen LogP contribution in [0.1, 0.15) is 30.6 Å². The van der Waals surface area contributed by atoms with E-state index in [2.05, 4.69) is 21.3 Å². The summed E-state index contributed by atoms with van der Waals surface area (Å²) in [6.45, 7) is 2.06. The molecule has 0 aromatic carbocycles. The Morgan fingerprint density at radius 1 is 1.31 bits per heavy atom. The minimum atomic E-state index is 0.728. The van der Waals surface area contributed by atoms with Gasteiger partial charge in [0.2, 0.25) is 0 Å². The summed E-state index contributed by atoms with van der Waals surface area (Å²) in [5, 5.41) is 12.9. The number of thiazole rings is 1. The van der Waals surface area contributed by atoms with Gasteiger partial charge in [0.05, 0.1) is 0 Å². The quantitative estimate of drug-likeness (QED) is 0.857. The van der Waals surface area contributed by atoms with Crippen molar-refractivity contribution in [1.29, 1.82) is 5.26 Å². The third-order valence-electron chi connectivity index (χ3n) is 2.83. The van der Waals surface area contributed by atoms with Crippen molar-refractivity contribution >= 4 is 22.3 Å². The van der Waals surface area contributed by atoms with Crippen LogP contribution in [0.2, 0.25) is 0 Å². The van der Waals surface area contributed by atoms with Crippen LogP contribution in [-0.2, 0) is 0 Å². The van der Waals surface area contributed by atoms with Crippen molar-refractivity contribution in [3.05, 3.63) is 4.88 Å². The van der Waals surface area contributed by atoms with Gasteiger partial charge in [0, 0.05) is 20.1 Å². The lowest BCUT2D eigenvalue weighted by Gasteiger charge is -2.19. The van der Waals surface area contributed by atoms with Crippen LogP contribution in [0.5, 0.6) is 0 Å². The molecule has 1 aromatic rings. The molecule has 5 heteroatoms. The first-order valence-electron chi connectivity index (χ1n) is 5.69. The predicted octanol–water partition coefficient (Wildman–Crippen LogP) is 2.44. The normalized spacial score (nSPS) is 16.6. The van der Waals surface area contributed by atoms with E-state index < -0.39 is 0 Å². The smallest absolute Gasteiger partial charge is 0.185 e. The van der Waals surface area contributed by atoms with E-state index in [0.29, 0.717) is 0 Å². The van der Waals surface area contributed by atoms with E-state index in [4.69, 9.17) is 5.26 Å². The highest BCUT2D eigenvalue weighted by molar-refractivity contribution is 7.16. The molecule has 2 heterocycles. The van der Waals surface area contributed by atoms with Gasteiger partial charge >= 0.3 is 0 Å². The molecule has 86 valence electrons. The van der Waals surface area contributed by atoms with Gasteiger partial charge in [-0.05, 0) is 12.8 Å². The highest BCUT2D eigenvalue weighted by atomic mass is 32.1. The van der Waals surface area contributed by atoms with Crippen molar-refractivity contribution in [2.75, 3.05) is 30.4 Å². The Morgan fingerprint density at radius 2 is 2.00 bits per heavy atom. The van der Waals surface area contributed by atoms with Gasteiger partial charge in [-0.2, -0.15) is 5.26 Å². The van der Waals surface area contributed by atoms with Gasteiger partial charge in [0.15, 0.2) is 15.8 Å². The van der Waals surface area contributed by atoms with Crippen LogP contribution >= 0.6 is 11.3 Å². The summed E-state index contributed by atoms with van der Waals surface area (Å²) in [5.74, 6) is 0.874. The predicted molar refractivity (Wildman–Crippen MR) is 67.1 cm³/mol. The summed E-state index contributed by atoms with van der Waals surface area (Å²) in [6.07, 6.45) is 5.00. The minimum absolute atomic E-state index is 0.728. The van der Waals surface area contributed by atoms with Gasteiger partial charge in [-0.1, -0.05) is 24.2 Å². The molecule has 0 saturated carbocycles. The number of nitrogens with one attached hydrogen (secondary N) is 1. The third-order valence-corrected chi connectivity index (χ3v) is 3.80. The molecule has 1 saturated heterocycles. The number of anilines is 2. The second kappa shape index (κ2) is 5.17. The van der Waals surface area contributed by atoms with E-state index >= 15 is 0 Å². The second-order valence-corrected chi connectivity index (χ2v) is 4.93. The topological polar surface area (TPSA) is 52.0 Å². The van der Waals surface area contributed by atoms with Crippen LogP contribution in [0.3, 0.4) is 0 Å². The minimum Gasteiger partial charge on any atom is -0.364 e. The van der Waals surface area contributed by atoms with E-state index in [-0.39, 0.29) is 0 Å². The molecule has 4 nitrogen and oxygen atoms in total. The van der Waals surface area contributed by atoms with Crippen molar-refractivity contribution in [2.24, 2.45) is 0 Å². The first-order valence-corrected chi connectivity index (χ1v) is 6.50. The summed E-state index contributed by atoms with van der Waals surface area (Å²) in [5.41, 5.74) is 0. The average Bonchev–Trinajstić information content (AvgIpc) is 2.55. The fraction of sp³-hybridized carbons (Fsp3) is 0.636. The monoisotopic (exact) mass is 236 g/mol. The molecule has 0 spiro atoms. The molecule has 0 aliphatic carbocycles.